The molecule has 20 heavy (non-hydrogen) atoms. The average Bonchev–Trinajstić information content (AvgIpc) is 2.30. The minimum Gasteiger partial charge on any atom is -0.114 e. The summed E-state index contributed by atoms with van der Waals surface area (Å²) in [6.07, 6.45) is 16.9. The van der Waals surface area contributed by atoms with Crippen molar-refractivity contribution in [1.29, 1.82) is 0 Å². The summed E-state index contributed by atoms with van der Waals surface area (Å²) in [7, 11) is 0. The average molecular weight is 674 g/mol. The van der Waals surface area contributed by atoms with E-state index < -0.39 is 0 Å². The zero-order valence-corrected chi connectivity index (χ0v) is 21.6. The van der Waals surface area contributed by atoms with Gasteiger partial charge in [0.05, 0.1) is 0 Å². The van der Waals surface area contributed by atoms with Crippen molar-refractivity contribution in [1.82, 2.24) is 0 Å². The van der Waals surface area contributed by atoms with Crippen molar-refractivity contribution < 1.29 is 0 Å². The zero-order chi connectivity index (χ0) is 9.80. The molecule has 0 amide bonds. The van der Waals surface area contributed by atoms with Crippen LogP contribution in [-0.2, 0) is 0 Å². The lowest BCUT2D eigenvalue weighted by atomic mass is 9.77. The van der Waals surface area contributed by atoms with Crippen molar-refractivity contribution in [3.05, 3.63) is 36.5 Å². The summed E-state index contributed by atoms with van der Waals surface area (Å²) in [6.45, 7) is 4.33. The Morgan fingerprint density at radius 3 is 1.25 bits per heavy atom. The molecule has 0 heterocycles. The molecule has 2 unspecified atom stereocenters. The number of hydrogen-bond acceptors (Lipinski definition) is 0. The van der Waals surface area contributed by atoms with Crippen molar-refractivity contribution in [2.24, 2.45) is 11.8 Å². The fraction of sp³-hybridized carbons (Fsp3) is 0.571. The molecule has 2 aliphatic rings. The highest BCUT2D eigenvalue weighted by atomic mass is 79.9. The van der Waals surface area contributed by atoms with Gasteiger partial charge in [-0.1, -0.05) is 36.5 Å². The van der Waals surface area contributed by atoms with Crippen LogP contribution in [0.4, 0.5) is 0 Å². The molecule has 0 N–H and O–H groups in total. The number of rotatable bonds is 2. The first-order valence-corrected chi connectivity index (χ1v) is 5.86. The Morgan fingerprint density at radius 2 is 1.00 bits per heavy atom. The molecule has 6 heteroatoms. The molecule has 0 spiro atoms. The van der Waals surface area contributed by atoms with E-state index in [0.717, 1.165) is 11.8 Å². The molecular weight excluding hydrogens is 648 g/mol. The van der Waals surface area contributed by atoms with Crippen LogP contribution in [0.3, 0.4) is 0 Å². The second kappa shape index (κ2) is 19.1. The predicted octanol–water partition coefficient (Wildman–Crippen LogP) is 7.72. The molecule has 2 rings (SSSR count). The van der Waals surface area contributed by atoms with Crippen molar-refractivity contribution in [3.8, 4) is 0 Å². The largest absolute Gasteiger partial charge is 0.114 e. The fourth-order valence-electron chi connectivity index (χ4n) is 2.59. The topological polar surface area (TPSA) is 0 Å². The van der Waals surface area contributed by atoms with Crippen LogP contribution in [0.2, 0.25) is 0 Å². The fourth-order valence-corrected chi connectivity index (χ4v) is 2.59. The summed E-state index contributed by atoms with van der Waals surface area (Å²) in [5.74, 6) is 1.55. The first-order valence-electron chi connectivity index (χ1n) is 5.86. The Bertz CT molecular complexity index is 249. The summed E-state index contributed by atoms with van der Waals surface area (Å²) in [6, 6.07) is 0. The van der Waals surface area contributed by atoms with E-state index in [2.05, 4.69) is 30.9 Å². The van der Waals surface area contributed by atoms with Crippen LogP contribution < -0.4 is 0 Å². The summed E-state index contributed by atoms with van der Waals surface area (Å²) in [5, 5.41) is 0. The van der Waals surface area contributed by atoms with Crippen LogP contribution in [-0.4, -0.2) is 0 Å². The second-order valence-corrected chi connectivity index (χ2v) is 4.54. The molecule has 0 nitrogen and oxygen atoms in total. The van der Waals surface area contributed by atoms with E-state index in [9.17, 15) is 0 Å². The van der Waals surface area contributed by atoms with Gasteiger partial charge in [0.25, 0.3) is 0 Å². The molecule has 0 aromatic rings. The standard InChI is InChI=1S/C14H20.6BrH/c1-12(13-8-4-2-5-9-13)14-10-6-3-7-11-14;;;;;;/h2-4,6,13-14H,1,5,7-11H2;6*1H. The normalized spacial score (nSPS) is 22.2. The molecule has 0 aromatic heterocycles. The van der Waals surface area contributed by atoms with Gasteiger partial charge in [-0.05, 0) is 50.4 Å². The summed E-state index contributed by atoms with van der Waals surface area (Å²) in [5.41, 5.74) is 1.53. The van der Waals surface area contributed by atoms with E-state index in [1.165, 1.54) is 44.1 Å². The minimum atomic E-state index is 0. The van der Waals surface area contributed by atoms with Gasteiger partial charge in [0.1, 0.15) is 0 Å². The highest BCUT2D eigenvalue weighted by molar-refractivity contribution is 8.93. The molecule has 0 aromatic carbocycles. The number of hydrogen-bond donors (Lipinski definition) is 0. The Hall–Kier alpha value is 2.10. The molecule has 0 saturated carbocycles. The SMILES string of the molecule is Br.Br.Br.Br.Br.Br.C=C(C1CC=CCC1)C1CC=CCC1. The molecule has 0 radical (unpaired) electrons. The quantitative estimate of drug-likeness (QED) is 0.264. The van der Waals surface area contributed by atoms with Gasteiger partial charge in [-0.3, -0.25) is 0 Å². The van der Waals surface area contributed by atoms with Crippen LogP contribution in [0.25, 0.3) is 0 Å². The van der Waals surface area contributed by atoms with Gasteiger partial charge in [0.2, 0.25) is 0 Å². The lowest BCUT2D eigenvalue weighted by molar-refractivity contribution is 0.446. The van der Waals surface area contributed by atoms with Gasteiger partial charge in [-0.25, -0.2) is 0 Å². The molecule has 2 aliphatic carbocycles. The molecule has 0 bridgehead atoms. The van der Waals surface area contributed by atoms with Crippen LogP contribution >= 0.6 is 102 Å². The van der Waals surface area contributed by atoms with Crippen molar-refractivity contribution in [2.75, 3.05) is 0 Å². The Kier molecular flexibility index (Phi) is 32.2. The van der Waals surface area contributed by atoms with Crippen LogP contribution in [0.15, 0.2) is 36.5 Å². The van der Waals surface area contributed by atoms with Crippen LogP contribution in [0.5, 0.6) is 0 Å². The lowest BCUT2D eigenvalue weighted by Gasteiger charge is -2.28. The number of halogens is 6. The van der Waals surface area contributed by atoms with E-state index in [1.54, 1.807) is 0 Å². The maximum absolute atomic E-state index is 4.33. The lowest BCUT2D eigenvalue weighted by Crippen LogP contribution is -2.14. The van der Waals surface area contributed by atoms with E-state index in [4.69, 9.17) is 0 Å². The second-order valence-electron chi connectivity index (χ2n) is 4.54. The smallest absolute Gasteiger partial charge is 0.0166 e. The Morgan fingerprint density at radius 1 is 0.650 bits per heavy atom. The number of allylic oxidation sites excluding steroid dienone is 5. The third kappa shape index (κ3) is 10.8. The van der Waals surface area contributed by atoms with Crippen LogP contribution in [0.1, 0.15) is 38.5 Å². The van der Waals surface area contributed by atoms with E-state index in [1.807, 2.05) is 0 Å². The highest BCUT2D eigenvalue weighted by Gasteiger charge is 2.21. The van der Waals surface area contributed by atoms with E-state index in [-0.39, 0.29) is 102 Å². The Balaban J connectivity index is -0.000000125. The molecule has 0 aliphatic heterocycles. The predicted molar refractivity (Wildman–Crippen MR) is 124 cm³/mol. The molecule has 124 valence electrons. The first kappa shape index (κ1) is 33.6. The Labute approximate surface area is 186 Å². The first-order chi connectivity index (χ1) is 6.88. The van der Waals surface area contributed by atoms with Gasteiger partial charge in [0, 0.05) is 0 Å². The van der Waals surface area contributed by atoms with Gasteiger partial charge in [0.15, 0.2) is 0 Å². The van der Waals surface area contributed by atoms with Crippen molar-refractivity contribution in [2.45, 2.75) is 38.5 Å². The van der Waals surface area contributed by atoms with Gasteiger partial charge >= 0.3 is 0 Å². The highest BCUT2D eigenvalue weighted by Crippen LogP contribution is 2.34. The third-order valence-electron chi connectivity index (χ3n) is 3.59. The molecule has 0 saturated heterocycles. The monoisotopic (exact) mass is 668 g/mol. The van der Waals surface area contributed by atoms with E-state index >= 15 is 0 Å². The third-order valence-corrected chi connectivity index (χ3v) is 3.59. The maximum atomic E-state index is 4.33. The van der Waals surface area contributed by atoms with Gasteiger partial charge in [-0.2, -0.15) is 0 Å². The molecule has 2 atom stereocenters. The van der Waals surface area contributed by atoms with Crippen molar-refractivity contribution in [3.63, 3.8) is 0 Å². The van der Waals surface area contributed by atoms with Gasteiger partial charge in [-0.15, -0.1) is 102 Å². The summed E-state index contributed by atoms with van der Waals surface area (Å²) < 4.78 is 0. The maximum Gasteiger partial charge on any atom is -0.0166 e. The zero-order valence-electron chi connectivity index (χ0n) is 11.4. The molecule has 0 fully saturated rings. The van der Waals surface area contributed by atoms with E-state index in [0.29, 0.717) is 0 Å². The van der Waals surface area contributed by atoms with Gasteiger partial charge < -0.3 is 0 Å². The summed E-state index contributed by atoms with van der Waals surface area (Å²) >= 11 is 0. The van der Waals surface area contributed by atoms with Crippen LogP contribution in [0, 0.1) is 11.8 Å². The van der Waals surface area contributed by atoms with Crippen molar-refractivity contribution >= 4 is 102 Å². The minimum absolute atomic E-state index is 0. The molecular formula is C14H26Br6. The summed E-state index contributed by atoms with van der Waals surface area (Å²) in [4.78, 5) is 0.